The fraction of sp³-hybridized carbons (Fsp3) is 0.560. The second-order valence-electron chi connectivity index (χ2n) is 9.78. The maximum absolute atomic E-state index is 14.3. The minimum absolute atomic E-state index is 0.0769. The molecule has 0 unspecified atom stereocenters. The van der Waals surface area contributed by atoms with Crippen LogP contribution in [0.3, 0.4) is 0 Å². The van der Waals surface area contributed by atoms with Crippen molar-refractivity contribution in [3.05, 3.63) is 52.0 Å². The summed E-state index contributed by atoms with van der Waals surface area (Å²) in [5, 5.41) is 6.45. The van der Waals surface area contributed by atoms with Crippen LogP contribution in [0.5, 0.6) is 0 Å². The summed E-state index contributed by atoms with van der Waals surface area (Å²) < 4.78 is 40.2. The second kappa shape index (κ2) is 8.53. The van der Waals surface area contributed by atoms with Crippen molar-refractivity contribution in [2.24, 2.45) is 0 Å². The molecule has 5 rings (SSSR count). The molecule has 1 saturated heterocycles. The number of nitrogens with one attached hydrogen (secondary N) is 2. The van der Waals surface area contributed by atoms with Gasteiger partial charge in [0.2, 0.25) is 5.91 Å². The van der Waals surface area contributed by atoms with Crippen LogP contribution >= 0.6 is 0 Å². The van der Waals surface area contributed by atoms with Crippen LogP contribution in [0.15, 0.2) is 18.2 Å². The molecule has 2 aliphatic carbocycles. The van der Waals surface area contributed by atoms with E-state index in [1.807, 2.05) is 19.9 Å². The van der Waals surface area contributed by atoms with E-state index in [0.717, 1.165) is 18.4 Å². The average molecular weight is 473 g/mol. The zero-order valence-electron chi connectivity index (χ0n) is 19.7. The summed E-state index contributed by atoms with van der Waals surface area (Å²) >= 11 is 0. The number of fused-ring (bicyclic) bond motifs is 1. The molecule has 0 bridgehead atoms. The Balaban J connectivity index is 1.47. The van der Waals surface area contributed by atoms with E-state index >= 15 is 0 Å². The SMILES string of the molecule is Cc1nc(CC(=O)NC2(C)CC2)c(C2OCCO2)c(N[C@H](C)c2cccc3c2CCC3(F)F)n1. The fourth-order valence-electron chi connectivity index (χ4n) is 4.83. The summed E-state index contributed by atoms with van der Waals surface area (Å²) in [6.07, 6.45) is 1.47. The number of alkyl halides is 2. The lowest BCUT2D eigenvalue weighted by atomic mass is 9.97. The number of anilines is 1. The van der Waals surface area contributed by atoms with Gasteiger partial charge in [-0.05, 0) is 51.2 Å². The van der Waals surface area contributed by atoms with Gasteiger partial charge in [-0.1, -0.05) is 18.2 Å². The van der Waals surface area contributed by atoms with Gasteiger partial charge in [0.1, 0.15) is 11.6 Å². The van der Waals surface area contributed by atoms with Crippen molar-refractivity contribution < 1.29 is 23.0 Å². The zero-order valence-corrected chi connectivity index (χ0v) is 19.7. The molecule has 1 amide bonds. The normalized spacial score (nSPS) is 21.2. The molecule has 2 N–H and O–H groups in total. The van der Waals surface area contributed by atoms with Gasteiger partial charge in [-0.2, -0.15) is 0 Å². The fourth-order valence-corrected chi connectivity index (χ4v) is 4.83. The van der Waals surface area contributed by atoms with Crippen LogP contribution in [0.1, 0.15) is 79.2 Å². The zero-order chi connectivity index (χ0) is 24.1. The molecule has 2 heterocycles. The Kier molecular flexibility index (Phi) is 5.80. The highest BCUT2D eigenvalue weighted by Gasteiger charge is 2.41. The molecule has 9 heteroatoms. The average Bonchev–Trinajstić information content (AvgIpc) is 3.14. The van der Waals surface area contributed by atoms with Crippen molar-refractivity contribution in [3.63, 3.8) is 0 Å². The number of carbonyl (C=O) groups is 1. The van der Waals surface area contributed by atoms with Crippen LogP contribution in [-0.4, -0.2) is 34.6 Å². The third kappa shape index (κ3) is 4.51. The molecule has 3 aliphatic rings. The van der Waals surface area contributed by atoms with Crippen LogP contribution in [0.25, 0.3) is 0 Å². The number of amides is 1. The minimum atomic E-state index is -2.80. The largest absolute Gasteiger partial charge is 0.363 e. The lowest BCUT2D eigenvalue weighted by molar-refractivity contribution is -0.121. The van der Waals surface area contributed by atoms with Gasteiger partial charge in [0, 0.05) is 17.5 Å². The highest BCUT2D eigenvalue weighted by Crippen LogP contribution is 2.44. The topological polar surface area (TPSA) is 85.4 Å². The molecule has 1 aromatic carbocycles. The predicted octanol–water partition coefficient (Wildman–Crippen LogP) is 4.25. The van der Waals surface area contributed by atoms with Gasteiger partial charge in [-0.25, -0.2) is 18.7 Å². The highest BCUT2D eigenvalue weighted by molar-refractivity contribution is 5.80. The Morgan fingerprint density at radius 2 is 1.94 bits per heavy atom. The van der Waals surface area contributed by atoms with Crippen molar-refractivity contribution >= 4 is 11.7 Å². The predicted molar refractivity (Wildman–Crippen MR) is 122 cm³/mol. The Bertz CT molecular complexity index is 1110. The maximum Gasteiger partial charge on any atom is 0.273 e. The van der Waals surface area contributed by atoms with E-state index in [4.69, 9.17) is 9.47 Å². The third-order valence-electron chi connectivity index (χ3n) is 6.88. The van der Waals surface area contributed by atoms with Gasteiger partial charge >= 0.3 is 0 Å². The summed E-state index contributed by atoms with van der Waals surface area (Å²) in [7, 11) is 0. The number of hydrogen-bond acceptors (Lipinski definition) is 6. The Hall–Kier alpha value is -2.65. The van der Waals surface area contributed by atoms with Crippen LogP contribution in [-0.2, 0) is 33.0 Å². The van der Waals surface area contributed by atoms with E-state index in [1.165, 1.54) is 6.07 Å². The van der Waals surface area contributed by atoms with E-state index in [0.29, 0.717) is 48.1 Å². The molecule has 34 heavy (non-hydrogen) atoms. The number of aromatic nitrogens is 2. The van der Waals surface area contributed by atoms with Crippen LogP contribution in [0.2, 0.25) is 0 Å². The molecule has 2 fully saturated rings. The molecular formula is C25H30F2N4O3. The maximum atomic E-state index is 14.3. The number of hydrogen-bond donors (Lipinski definition) is 2. The summed E-state index contributed by atoms with van der Waals surface area (Å²) in [5.41, 5.74) is 2.60. The second-order valence-corrected chi connectivity index (χ2v) is 9.78. The minimum Gasteiger partial charge on any atom is -0.363 e. The first-order valence-corrected chi connectivity index (χ1v) is 11.8. The third-order valence-corrected chi connectivity index (χ3v) is 6.88. The van der Waals surface area contributed by atoms with Crippen molar-refractivity contribution in [1.29, 1.82) is 0 Å². The van der Waals surface area contributed by atoms with Crippen LogP contribution in [0, 0.1) is 6.92 Å². The van der Waals surface area contributed by atoms with E-state index in [9.17, 15) is 13.6 Å². The number of aryl methyl sites for hydroxylation is 1. The molecule has 1 atom stereocenters. The monoisotopic (exact) mass is 472 g/mol. The Morgan fingerprint density at radius 3 is 2.65 bits per heavy atom. The molecular weight excluding hydrogens is 442 g/mol. The van der Waals surface area contributed by atoms with Gasteiger partial charge in [0.15, 0.2) is 6.29 Å². The Morgan fingerprint density at radius 1 is 1.21 bits per heavy atom. The van der Waals surface area contributed by atoms with Crippen molar-refractivity contribution in [3.8, 4) is 0 Å². The highest BCUT2D eigenvalue weighted by atomic mass is 19.3. The molecule has 0 spiro atoms. The van der Waals surface area contributed by atoms with Gasteiger partial charge in [-0.15, -0.1) is 0 Å². The lowest BCUT2D eigenvalue weighted by Crippen LogP contribution is -2.36. The van der Waals surface area contributed by atoms with Gasteiger partial charge < -0.3 is 20.1 Å². The molecule has 2 aromatic rings. The number of nitrogens with zero attached hydrogens (tertiary/aromatic N) is 2. The van der Waals surface area contributed by atoms with Crippen LogP contribution in [0.4, 0.5) is 14.6 Å². The van der Waals surface area contributed by atoms with Crippen molar-refractivity contribution in [2.45, 2.75) is 76.7 Å². The summed E-state index contributed by atoms with van der Waals surface area (Å²) in [6, 6.07) is 4.76. The van der Waals surface area contributed by atoms with Gasteiger partial charge in [0.05, 0.1) is 36.9 Å². The van der Waals surface area contributed by atoms with Gasteiger partial charge in [-0.3, -0.25) is 4.79 Å². The first-order chi connectivity index (χ1) is 16.2. The number of rotatable bonds is 7. The smallest absolute Gasteiger partial charge is 0.273 e. The first-order valence-electron chi connectivity index (χ1n) is 11.8. The van der Waals surface area contributed by atoms with E-state index in [1.54, 1.807) is 13.0 Å². The number of carbonyl (C=O) groups excluding carboxylic acids is 1. The van der Waals surface area contributed by atoms with E-state index in [2.05, 4.69) is 20.6 Å². The van der Waals surface area contributed by atoms with Crippen LogP contribution < -0.4 is 10.6 Å². The van der Waals surface area contributed by atoms with E-state index < -0.39 is 12.2 Å². The molecule has 1 saturated carbocycles. The molecule has 1 aliphatic heterocycles. The summed E-state index contributed by atoms with van der Waals surface area (Å²) in [6.45, 7) is 6.57. The number of ether oxygens (including phenoxy) is 2. The quantitative estimate of drug-likeness (QED) is 0.627. The van der Waals surface area contributed by atoms with Gasteiger partial charge in [0.25, 0.3) is 5.92 Å². The lowest BCUT2D eigenvalue weighted by Gasteiger charge is -2.24. The van der Waals surface area contributed by atoms with E-state index in [-0.39, 0.29) is 35.9 Å². The molecule has 7 nitrogen and oxygen atoms in total. The standard InChI is InChI=1S/C25H30F2N4O3/c1-14(16-5-4-6-18-17(16)7-8-25(18,26)27)28-22-21(23-33-11-12-34-23)19(29-15(2)30-22)13-20(32)31-24(3)9-10-24/h4-6,14,23H,7-13H2,1-3H3,(H,31,32)(H,28,29,30)/t14-/m1/s1. The molecule has 1 aromatic heterocycles. The summed E-state index contributed by atoms with van der Waals surface area (Å²) in [5.74, 6) is -1.91. The number of benzene rings is 1. The molecule has 182 valence electrons. The van der Waals surface area contributed by atoms with Crippen molar-refractivity contribution in [2.75, 3.05) is 18.5 Å². The first kappa shape index (κ1) is 23.1. The van der Waals surface area contributed by atoms with Crippen molar-refractivity contribution in [1.82, 2.24) is 15.3 Å². The summed E-state index contributed by atoms with van der Waals surface area (Å²) in [4.78, 5) is 21.9. The number of halogens is 2. The Labute approximate surface area is 197 Å². The molecule has 0 radical (unpaired) electrons.